The lowest BCUT2D eigenvalue weighted by atomic mass is 10.0. The van der Waals surface area contributed by atoms with E-state index in [1.54, 1.807) is 17.0 Å². The van der Waals surface area contributed by atoms with E-state index < -0.39 is 16.1 Å². The molecule has 0 saturated carbocycles. The van der Waals surface area contributed by atoms with Gasteiger partial charge < -0.3 is 4.90 Å². The molecule has 1 fully saturated rings. The van der Waals surface area contributed by atoms with Crippen LogP contribution in [0.5, 0.6) is 0 Å². The van der Waals surface area contributed by atoms with Crippen molar-refractivity contribution in [2.24, 2.45) is 0 Å². The van der Waals surface area contributed by atoms with E-state index in [1.807, 2.05) is 25.1 Å². The number of nitrogens with zero attached hydrogens (tertiary/aromatic N) is 1. The number of hydrogen-bond donors (Lipinski definition) is 1. The van der Waals surface area contributed by atoms with Gasteiger partial charge in [-0.15, -0.1) is 0 Å². The van der Waals surface area contributed by atoms with Crippen molar-refractivity contribution in [1.82, 2.24) is 9.62 Å². The second-order valence-electron chi connectivity index (χ2n) is 6.02. The SMILES string of the molecule is CCCCS(=O)(=O)N[C@H](C(=O)N1CCCCC1)c1ccccc1. The highest BCUT2D eigenvalue weighted by Crippen LogP contribution is 2.20. The summed E-state index contributed by atoms with van der Waals surface area (Å²) in [6, 6.07) is 8.29. The van der Waals surface area contributed by atoms with E-state index in [2.05, 4.69) is 4.72 Å². The van der Waals surface area contributed by atoms with Crippen molar-refractivity contribution in [3.8, 4) is 0 Å². The van der Waals surface area contributed by atoms with Crippen LogP contribution in [-0.4, -0.2) is 38.1 Å². The lowest BCUT2D eigenvalue weighted by Crippen LogP contribution is -2.45. The van der Waals surface area contributed by atoms with E-state index in [-0.39, 0.29) is 11.7 Å². The first-order chi connectivity index (χ1) is 11.0. The highest BCUT2D eigenvalue weighted by Gasteiger charge is 2.30. The quantitative estimate of drug-likeness (QED) is 0.830. The van der Waals surface area contributed by atoms with Gasteiger partial charge in [0.2, 0.25) is 15.9 Å². The van der Waals surface area contributed by atoms with Crippen molar-refractivity contribution in [2.45, 2.75) is 45.1 Å². The summed E-state index contributed by atoms with van der Waals surface area (Å²) in [5.41, 5.74) is 0.697. The van der Waals surface area contributed by atoms with Gasteiger partial charge in [0.15, 0.2) is 0 Å². The molecule has 0 spiro atoms. The number of carbonyl (C=O) groups is 1. The summed E-state index contributed by atoms with van der Waals surface area (Å²) in [6.45, 7) is 3.36. The molecule has 0 unspecified atom stereocenters. The molecular formula is C17H26N2O3S. The van der Waals surface area contributed by atoms with Gasteiger partial charge in [-0.05, 0) is 31.2 Å². The number of carbonyl (C=O) groups excluding carboxylic acids is 1. The van der Waals surface area contributed by atoms with Gasteiger partial charge in [-0.3, -0.25) is 4.79 Å². The fourth-order valence-electron chi connectivity index (χ4n) is 2.78. The number of nitrogens with one attached hydrogen (secondary N) is 1. The normalized spacial score (nSPS) is 17.0. The molecule has 1 N–H and O–H groups in total. The Balaban J connectivity index is 2.20. The number of sulfonamides is 1. The minimum atomic E-state index is -3.47. The fraction of sp³-hybridized carbons (Fsp3) is 0.588. The van der Waals surface area contributed by atoms with Gasteiger partial charge in [0.25, 0.3) is 0 Å². The Morgan fingerprint density at radius 1 is 1.17 bits per heavy atom. The number of hydrogen-bond acceptors (Lipinski definition) is 3. The zero-order valence-corrected chi connectivity index (χ0v) is 14.5. The standard InChI is InChI=1S/C17H26N2O3S/c1-2-3-14-23(21,22)18-16(15-10-6-4-7-11-15)17(20)19-12-8-5-9-13-19/h4,6-7,10-11,16,18H,2-3,5,8-9,12-14H2,1H3/t16-/m0/s1. The van der Waals surface area contributed by atoms with Crippen LogP contribution in [0.25, 0.3) is 0 Å². The van der Waals surface area contributed by atoms with Crippen LogP contribution in [0.4, 0.5) is 0 Å². The molecule has 2 rings (SSSR count). The molecule has 0 aliphatic carbocycles. The number of amides is 1. The van der Waals surface area contributed by atoms with Crippen molar-refractivity contribution in [3.63, 3.8) is 0 Å². The van der Waals surface area contributed by atoms with Crippen molar-refractivity contribution in [1.29, 1.82) is 0 Å². The fourth-order valence-corrected chi connectivity index (χ4v) is 4.16. The van der Waals surface area contributed by atoms with Crippen molar-refractivity contribution in [3.05, 3.63) is 35.9 Å². The van der Waals surface area contributed by atoms with Gasteiger partial charge in [0.05, 0.1) is 5.75 Å². The smallest absolute Gasteiger partial charge is 0.245 e. The summed E-state index contributed by atoms with van der Waals surface area (Å²) in [7, 11) is -3.47. The molecule has 6 heteroatoms. The van der Waals surface area contributed by atoms with E-state index in [4.69, 9.17) is 0 Å². The Bertz CT molecular complexity index is 596. The zero-order valence-electron chi connectivity index (χ0n) is 13.7. The number of likely N-dealkylation sites (tertiary alicyclic amines) is 1. The maximum Gasteiger partial charge on any atom is 0.245 e. The molecule has 0 radical (unpaired) electrons. The van der Waals surface area contributed by atoms with Crippen LogP contribution in [0, 0.1) is 0 Å². The van der Waals surface area contributed by atoms with Crippen molar-refractivity contribution < 1.29 is 13.2 Å². The van der Waals surface area contributed by atoms with Crippen LogP contribution >= 0.6 is 0 Å². The molecule has 5 nitrogen and oxygen atoms in total. The lowest BCUT2D eigenvalue weighted by Gasteiger charge is -2.30. The molecule has 23 heavy (non-hydrogen) atoms. The summed E-state index contributed by atoms with van der Waals surface area (Å²) in [5.74, 6) is -0.0869. The average molecular weight is 338 g/mol. The molecule has 1 aliphatic rings. The Morgan fingerprint density at radius 3 is 2.43 bits per heavy atom. The first-order valence-corrected chi connectivity index (χ1v) is 10.0. The van der Waals surface area contributed by atoms with Gasteiger partial charge in [-0.1, -0.05) is 43.7 Å². The summed E-state index contributed by atoms with van der Waals surface area (Å²) in [4.78, 5) is 14.6. The Hall–Kier alpha value is -1.40. The predicted octanol–water partition coefficient (Wildman–Crippen LogP) is 2.46. The summed E-state index contributed by atoms with van der Waals surface area (Å²) >= 11 is 0. The third-order valence-corrected chi connectivity index (χ3v) is 5.53. The van der Waals surface area contributed by atoms with Crippen molar-refractivity contribution >= 4 is 15.9 Å². The highest BCUT2D eigenvalue weighted by molar-refractivity contribution is 7.89. The second-order valence-corrected chi connectivity index (χ2v) is 7.89. The molecule has 1 amide bonds. The average Bonchev–Trinajstić information content (AvgIpc) is 2.59. The molecule has 1 heterocycles. The van der Waals surface area contributed by atoms with Crippen LogP contribution in [0.1, 0.15) is 50.6 Å². The highest BCUT2D eigenvalue weighted by atomic mass is 32.2. The van der Waals surface area contributed by atoms with E-state index in [9.17, 15) is 13.2 Å². The van der Waals surface area contributed by atoms with Gasteiger partial charge in [-0.25, -0.2) is 8.42 Å². The molecule has 0 aromatic heterocycles. The topological polar surface area (TPSA) is 66.5 Å². The molecule has 1 aromatic rings. The Labute approximate surface area is 139 Å². The maximum atomic E-state index is 12.8. The number of unbranched alkanes of at least 4 members (excludes halogenated alkanes) is 1. The number of piperidine rings is 1. The molecule has 1 aliphatic heterocycles. The van der Waals surface area contributed by atoms with Crippen LogP contribution in [0.15, 0.2) is 30.3 Å². The molecule has 128 valence electrons. The first-order valence-electron chi connectivity index (χ1n) is 8.37. The minimum Gasteiger partial charge on any atom is -0.341 e. The van der Waals surface area contributed by atoms with Crippen LogP contribution < -0.4 is 4.72 Å². The van der Waals surface area contributed by atoms with Gasteiger partial charge in [0, 0.05) is 13.1 Å². The lowest BCUT2D eigenvalue weighted by molar-refractivity contribution is -0.134. The van der Waals surface area contributed by atoms with Crippen LogP contribution in [0.3, 0.4) is 0 Å². The minimum absolute atomic E-state index is 0.0557. The van der Waals surface area contributed by atoms with E-state index >= 15 is 0 Å². The summed E-state index contributed by atoms with van der Waals surface area (Å²) in [6.07, 6.45) is 4.49. The second kappa shape index (κ2) is 8.45. The number of benzene rings is 1. The molecule has 1 saturated heterocycles. The van der Waals surface area contributed by atoms with E-state index in [1.165, 1.54) is 0 Å². The maximum absolute atomic E-state index is 12.8. The largest absolute Gasteiger partial charge is 0.341 e. The third-order valence-electron chi connectivity index (χ3n) is 4.11. The first kappa shape index (κ1) is 17.9. The summed E-state index contributed by atoms with van der Waals surface area (Å²) < 4.78 is 27.2. The van der Waals surface area contributed by atoms with E-state index in [0.29, 0.717) is 25.1 Å². The van der Waals surface area contributed by atoms with Gasteiger partial charge in [-0.2, -0.15) is 4.72 Å². The van der Waals surface area contributed by atoms with Gasteiger partial charge in [0.1, 0.15) is 6.04 Å². The van der Waals surface area contributed by atoms with Crippen LogP contribution in [-0.2, 0) is 14.8 Å². The Kier molecular flexibility index (Phi) is 6.59. The Morgan fingerprint density at radius 2 is 1.83 bits per heavy atom. The predicted molar refractivity (Wildman–Crippen MR) is 91.4 cm³/mol. The third kappa shape index (κ3) is 5.32. The molecular weight excluding hydrogens is 312 g/mol. The molecule has 1 aromatic carbocycles. The van der Waals surface area contributed by atoms with Crippen molar-refractivity contribution in [2.75, 3.05) is 18.8 Å². The number of rotatable bonds is 7. The zero-order chi connectivity index (χ0) is 16.7. The van der Waals surface area contributed by atoms with E-state index in [0.717, 1.165) is 25.7 Å². The van der Waals surface area contributed by atoms with Gasteiger partial charge >= 0.3 is 0 Å². The molecule has 1 atom stereocenters. The van der Waals surface area contributed by atoms with Crippen LogP contribution in [0.2, 0.25) is 0 Å². The molecule has 0 bridgehead atoms. The monoisotopic (exact) mass is 338 g/mol. The summed E-state index contributed by atoms with van der Waals surface area (Å²) in [5, 5.41) is 0.